The number of primary sulfonamides is 1. The topological polar surface area (TPSA) is 130 Å². The molecule has 0 spiro atoms. The van der Waals surface area contributed by atoms with Crippen LogP contribution in [-0.2, 0) is 19.9 Å². The standard InChI is InChI=1S/C11H18N2O5S2/c1-18-11-5-4-9(8-10(11)12)19(14,15)6-2-3-7-20(13,16)17/h4-5,8H,2-3,6-7,12H2,1H3,(H2,13,16,17). The van der Waals surface area contributed by atoms with Crippen molar-refractivity contribution in [1.29, 1.82) is 0 Å². The van der Waals surface area contributed by atoms with Gasteiger partial charge >= 0.3 is 0 Å². The van der Waals surface area contributed by atoms with E-state index in [1.54, 1.807) is 0 Å². The van der Waals surface area contributed by atoms with Crippen LogP contribution in [0.15, 0.2) is 23.1 Å². The summed E-state index contributed by atoms with van der Waals surface area (Å²) in [5.41, 5.74) is 5.89. The molecule has 0 heterocycles. The molecule has 0 unspecified atom stereocenters. The molecule has 0 aliphatic rings. The lowest BCUT2D eigenvalue weighted by Crippen LogP contribution is -2.17. The summed E-state index contributed by atoms with van der Waals surface area (Å²) in [5, 5.41) is 4.84. The minimum absolute atomic E-state index is 0.0893. The first-order valence-corrected chi connectivity index (χ1v) is 9.19. The van der Waals surface area contributed by atoms with Gasteiger partial charge in [-0.25, -0.2) is 22.0 Å². The zero-order chi connectivity index (χ0) is 15.4. The van der Waals surface area contributed by atoms with E-state index < -0.39 is 19.9 Å². The van der Waals surface area contributed by atoms with Crippen LogP contribution < -0.4 is 15.6 Å². The summed E-state index contributed by atoms with van der Waals surface area (Å²) >= 11 is 0. The van der Waals surface area contributed by atoms with E-state index >= 15 is 0 Å². The van der Waals surface area contributed by atoms with Gasteiger partial charge in [0.15, 0.2) is 9.84 Å². The molecule has 0 saturated carbocycles. The molecule has 0 aromatic heterocycles. The molecular weight excluding hydrogens is 304 g/mol. The van der Waals surface area contributed by atoms with Gasteiger partial charge in [-0.1, -0.05) is 0 Å². The van der Waals surface area contributed by atoms with Crippen LogP contribution in [0.3, 0.4) is 0 Å². The molecule has 1 rings (SSSR count). The highest BCUT2D eigenvalue weighted by Gasteiger charge is 2.16. The number of hydrogen-bond donors (Lipinski definition) is 2. The molecule has 7 nitrogen and oxygen atoms in total. The number of sulfonamides is 1. The van der Waals surface area contributed by atoms with E-state index in [1.165, 1.54) is 25.3 Å². The van der Waals surface area contributed by atoms with Crippen molar-refractivity contribution >= 4 is 25.5 Å². The summed E-state index contributed by atoms with van der Waals surface area (Å²) in [4.78, 5) is 0.0893. The quantitative estimate of drug-likeness (QED) is 0.542. The Hall–Kier alpha value is -1.32. The molecule has 9 heteroatoms. The third-order valence-corrected chi connectivity index (χ3v) is 5.31. The number of anilines is 1. The van der Waals surface area contributed by atoms with Crippen LogP contribution in [0.1, 0.15) is 12.8 Å². The number of benzene rings is 1. The first kappa shape index (κ1) is 16.7. The van der Waals surface area contributed by atoms with E-state index in [9.17, 15) is 16.8 Å². The zero-order valence-electron chi connectivity index (χ0n) is 11.1. The molecule has 20 heavy (non-hydrogen) atoms. The van der Waals surface area contributed by atoms with E-state index in [0.29, 0.717) is 5.75 Å². The lowest BCUT2D eigenvalue weighted by molar-refractivity contribution is 0.416. The number of sulfone groups is 1. The Bertz CT molecular complexity index is 668. The number of methoxy groups -OCH3 is 1. The normalized spacial score (nSPS) is 12.3. The first-order chi connectivity index (χ1) is 9.15. The third kappa shape index (κ3) is 4.99. The van der Waals surface area contributed by atoms with Crippen LogP contribution >= 0.6 is 0 Å². The number of rotatable bonds is 7. The zero-order valence-corrected chi connectivity index (χ0v) is 12.7. The second-order valence-corrected chi connectivity index (χ2v) is 8.14. The molecular formula is C11H18N2O5S2. The van der Waals surface area contributed by atoms with Gasteiger partial charge in [0.2, 0.25) is 10.0 Å². The Balaban J connectivity index is 2.72. The van der Waals surface area contributed by atoms with Crippen molar-refractivity contribution in [2.75, 3.05) is 24.3 Å². The lowest BCUT2D eigenvalue weighted by Gasteiger charge is -2.08. The van der Waals surface area contributed by atoms with Gasteiger partial charge < -0.3 is 10.5 Å². The lowest BCUT2D eigenvalue weighted by atomic mass is 10.3. The van der Waals surface area contributed by atoms with Crippen molar-refractivity contribution < 1.29 is 21.6 Å². The van der Waals surface area contributed by atoms with Gasteiger partial charge in [-0.05, 0) is 31.0 Å². The predicted molar refractivity (Wildman–Crippen MR) is 76.7 cm³/mol. The molecule has 0 aliphatic heterocycles. The van der Waals surface area contributed by atoms with Gasteiger partial charge in [-0.3, -0.25) is 0 Å². The molecule has 1 aromatic rings. The van der Waals surface area contributed by atoms with Crippen LogP contribution in [0.5, 0.6) is 5.75 Å². The van der Waals surface area contributed by atoms with Gasteiger partial charge in [-0.15, -0.1) is 0 Å². The fraction of sp³-hybridized carbons (Fsp3) is 0.455. The number of nitrogen functional groups attached to an aromatic ring is 1. The Kier molecular flexibility index (Phi) is 5.37. The number of ether oxygens (including phenoxy) is 1. The Morgan fingerprint density at radius 2 is 1.70 bits per heavy atom. The third-order valence-electron chi connectivity index (χ3n) is 2.65. The van der Waals surface area contributed by atoms with Crippen molar-refractivity contribution in [2.24, 2.45) is 5.14 Å². The molecule has 0 saturated heterocycles. The summed E-state index contributed by atoms with van der Waals surface area (Å²) < 4.78 is 50.5. The van der Waals surface area contributed by atoms with Crippen molar-refractivity contribution in [3.05, 3.63) is 18.2 Å². The molecule has 0 aliphatic carbocycles. The molecule has 1 aromatic carbocycles. The van der Waals surface area contributed by atoms with Gasteiger partial charge in [0.1, 0.15) is 5.75 Å². The van der Waals surface area contributed by atoms with E-state index in [0.717, 1.165) is 0 Å². The highest BCUT2D eigenvalue weighted by atomic mass is 32.2. The monoisotopic (exact) mass is 322 g/mol. The van der Waals surface area contributed by atoms with E-state index in [-0.39, 0.29) is 34.9 Å². The minimum Gasteiger partial charge on any atom is -0.495 e. The number of unbranched alkanes of at least 4 members (excludes halogenated alkanes) is 1. The van der Waals surface area contributed by atoms with Gasteiger partial charge in [0.25, 0.3) is 0 Å². The highest BCUT2D eigenvalue weighted by molar-refractivity contribution is 7.91. The largest absolute Gasteiger partial charge is 0.495 e. The summed E-state index contributed by atoms with van der Waals surface area (Å²) in [6, 6.07) is 4.21. The molecule has 0 fully saturated rings. The Morgan fingerprint density at radius 3 is 2.20 bits per heavy atom. The second kappa shape index (κ2) is 6.42. The smallest absolute Gasteiger partial charge is 0.209 e. The van der Waals surface area contributed by atoms with E-state index in [1.807, 2.05) is 0 Å². The summed E-state index contributed by atoms with van der Waals surface area (Å²) in [6.45, 7) is 0. The molecule has 0 radical (unpaired) electrons. The summed E-state index contributed by atoms with van der Waals surface area (Å²) in [5.74, 6) is 0.0137. The van der Waals surface area contributed by atoms with Crippen molar-refractivity contribution in [1.82, 2.24) is 0 Å². The van der Waals surface area contributed by atoms with Crippen molar-refractivity contribution in [2.45, 2.75) is 17.7 Å². The summed E-state index contributed by atoms with van der Waals surface area (Å²) in [7, 11) is -5.61. The molecule has 0 amide bonds. The van der Waals surface area contributed by atoms with Crippen LogP contribution in [0.4, 0.5) is 5.69 Å². The van der Waals surface area contributed by atoms with Gasteiger partial charge in [-0.2, -0.15) is 0 Å². The fourth-order valence-electron chi connectivity index (χ4n) is 1.62. The predicted octanol–water partition coefficient (Wildman–Crippen LogP) is 0.120. The SMILES string of the molecule is COc1ccc(S(=O)(=O)CCCCS(N)(=O)=O)cc1N. The maximum Gasteiger partial charge on any atom is 0.209 e. The maximum atomic E-state index is 12.0. The summed E-state index contributed by atoms with van der Waals surface area (Å²) in [6.07, 6.45) is 0.411. The minimum atomic E-state index is -3.55. The Labute approximate surface area is 118 Å². The van der Waals surface area contributed by atoms with Crippen LogP contribution in [0, 0.1) is 0 Å². The molecule has 4 N–H and O–H groups in total. The molecule has 0 bridgehead atoms. The Morgan fingerprint density at radius 1 is 1.10 bits per heavy atom. The fourth-order valence-corrected chi connectivity index (χ4v) is 3.63. The average Bonchev–Trinajstić information content (AvgIpc) is 2.33. The average molecular weight is 322 g/mol. The first-order valence-electron chi connectivity index (χ1n) is 5.82. The number of nitrogens with two attached hydrogens (primary N) is 2. The maximum absolute atomic E-state index is 12.0. The van der Waals surface area contributed by atoms with E-state index in [4.69, 9.17) is 15.6 Å². The van der Waals surface area contributed by atoms with Crippen molar-refractivity contribution in [3.8, 4) is 5.75 Å². The number of hydrogen-bond acceptors (Lipinski definition) is 6. The van der Waals surface area contributed by atoms with Gasteiger partial charge in [0, 0.05) is 0 Å². The highest BCUT2D eigenvalue weighted by Crippen LogP contribution is 2.25. The molecule has 0 atom stereocenters. The molecule has 114 valence electrons. The van der Waals surface area contributed by atoms with Crippen LogP contribution in [0.25, 0.3) is 0 Å². The van der Waals surface area contributed by atoms with Gasteiger partial charge in [0.05, 0.1) is 29.2 Å². The van der Waals surface area contributed by atoms with E-state index in [2.05, 4.69) is 0 Å². The second-order valence-electron chi connectivity index (χ2n) is 4.30. The van der Waals surface area contributed by atoms with Crippen LogP contribution in [0.2, 0.25) is 0 Å². The van der Waals surface area contributed by atoms with Crippen molar-refractivity contribution in [3.63, 3.8) is 0 Å². The van der Waals surface area contributed by atoms with Crippen LogP contribution in [-0.4, -0.2) is 35.5 Å².